The number of benzene rings is 4. The third kappa shape index (κ3) is 10.9. The fourth-order valence-electron chi connectivity index (χ4n) is 4.41. The third-order valence-electron chi connectivity index (χ3n) is 7.00. The van der Waals surface area contributed by atoms with Crippen molar-refractivity contribution in [1.29, 1.82) is 0 Å². The number of aliphatic hydroxyl groups excluding tert-OH is 1. The molecule has 254 valence electrons. The molecule has 0 bridgehead atoms. The lowest BCUT2D eigenvalue weighted by atomic mass is 10.0. The molecule has 0 saturated heterocycles. The topological polar surface area (TPSA) is 161 Å². The molecule has 0 heterocycles. The zero-order valence-electron chi connectivity index (χ0n) is 26.8. The van der Waals surface area contributed by atoms with Crippen molar-refractivity contribution in [1.82, 2.24) is 0 Å². The van der Waals surface area contributed by atoms with E-state index >= 15 is 0 Å². The first-order valence-corrected chi connectivity index (χ1v) is 15.0. The van der Waals surface area contributed by atoms with Gasteiger partial charge in [-0.1, -0.05) is 42.5 Å². The van der Waals surface area contributed by atoms with Crippen molar-refractivity contribution < 1.29 is 53.7 Å². The molecule has 2 unspecified atom stereocenters. The van der Waals surface area contributed by atoms with E-state index in [1.807, 2.05) is 0 Å². The van der Waals surface area contributed by atoms with Gasteiger partial charge in [-0.15, -0.1) is 0 Å². The normalized spacial score (nSPS) is 12.6. The Balaban J connectivity index is 1.43. The van der Waals surface area contributed by atoms with Crippen molar-refractivity contribution in [2.75, 3.05) is 27.4 Å². The van der Waals surface area contributed by atoms with Crippen LogP contribution in [0.3, 0.4) is 0 Å². The smallest absolute Gasteiger partial charge is 0.331 e. The van der Waals surface area contributed by atoms with Crippen LogP contribution in [0.1, 0.15) is 28.4 Å². The van der Waals surface area contributed by atoms with Gasteiger partial charge in [-0.05, 0) is 89.0 Å². The number of carbonyl (C=O) groups excluding carboxylic acids is 2. The van der Waals surface area contributed by atoms with Crippen LogP contribution in [0.15, 0.2) is 103 Å². The summed E-state index contributed by atoms with van der Waals surface area (Å²) in [5, 5.41) is 40.2. The number of carbonyl (C=O) groups is 2. The van der Waals surface area contributed by atoms with Crippen molar-refractivity contribution in [2.45, 2.75) is 12.2 Å². The summed E-state index contributed by atoms with van der Waals surface area (Å²) in [4.78, 5) is 24.6. The second-order valence-corrected chi connectivity index (χ2v) is 10.5. The van der Waals surface area contributed by atoms with Gasteiger partial charge in [0.25, 0.3) is 0 Å². The Labute approximate surface area is 283 Å². The molecule has 0 spiro atoms. The van der Waals surface area contributed by atoms with Crippen LogP contribution in [0.4, 0.5) is 0 Å². The summed E-state index contributed by atoms with van der Waals surface area (Å²) in [7, 11) is 2.82. The molecule has 49 heavy (non-hydrogen) atoms. The summed E-state index contributed by atoms with van der Waals surface area (Å²) >= 11 is 0. The van der Waals surface area contributed by atoms with Crippen LogP contribution in [0.2, 0.25) is 0 Å². The van der Waals surface area contributed by atoms with Gasteiger partial charge in [0.05, 0.1) is 14.2 Å². The molecule has 0 radical (unpaired) electrons. The van der Waals surface area contributed by atoms with Gasteiger partial charge in [0.2, 0.25) is 0 Å². The molecule has 0 aliphatic heterocycles. The molecule has 4 aromatic carbocycles. The molecule has 0 aliphatic rings. The van der Waals surface area contributed by atoms with E-state index < -0.39 is 24.1 Å². The number of aliphatic hydroxyl groups is 1. The molecule has 2 atom stereocenters. The van der Waals surface area contributed by atoms with Crippen LogP contribution in [0.5, 0.6) is 34.5 Å². The number of aromatic hydroxyl groups is 3. The predicted molar refractivity (Wildman–Crippen MR) is 182 cm³/mol. The van der Waals surface area contributed by atoms with Gasteiger partial charge in [-0.25, -0.2) is 9.59 Å². The zero-order chi connectivity index (χ0) is 35.2. The van der Waals surface area contributed by atoms with Crippen molar-refractivity contribution >= 4 is 30.2 Å². The Morgan fingerprint density at radius 3 is 1.82 bits per heavy atom. The Bertz CT molecular complexity index is 1790. The van der Waals surface area contributed by atoms with Crippen molar-refractivity contribution in [3.8, 4) is 34.5 Å². The monoisotopic (exact) mass is 668 g/mol. The second kappa shape index (κ2) is 17.6. The van der Waals surface area contributed by atoms with Crippen LogP contribution in [0, 0.1) is 0 Å². The number of esters is 2. The van der Waals surface area contributed by atoms with E-state index in [1.165, 1.54) is 74.9 Å². The van der Waals surface area contributed by atoms with Crippen LogP contribution < -0.4 is 14.2 Å². The molecule has 4 N–H and O–H groups in total. The molecule has 11 heteroatoms. The van der Waals surface area contributed by atoms with Gasteiger partial charge in [0, 0.05) is 12.2 Å². The first kappa shape index (κ1) is 35.7. The highest BCUT2D eigenvalue weighted by atomic mass is 16.6. The second-order valence-electron chi connectivity index (χ2n) is 10.5. The summed E-state index contributed by atoms with van der Waals surface area (Å²) in [5.41, 5.74) is 2.43. The average molecular weight is 669 g/mol. The van der Waals surface area contributed by atoms with E-state index in [1.54, 1.807) is 60.7 Å². The first-order chi connectivity index (χ1) is 23.6. The molecule has 11 nitrogen and oxygen atoms in total. The number of hydrogen-bond acceptors (Lipinski definition) is 11. The van der Waals surface area contributed by atoms with Crippen molar-refractivity contribution in [3.63, 3.8) is 0 Å². The number of rotatable bonds is 15. The standard InChI is InChI=1S/C38H36O11/c1-45-33-23-28(12-17-31(33)41)38(44)35(24-48-37(43)20-11-26-7-15-30(40)16-8-26)49-32-18-9-27(22-34(32)46-2)4-3-21-47-36(42)19-10-25-5-13-29(39)14-6-25/h3-20,22-23,35,38-41,44H,21,24H2,1-2H3/b4-3+,19-10+,20-11+. The highest BCUT2D eigenvalue weighted by Gasteiger charge is 2.27. The molecule has 0 aromatic heterocycles. The van der Waals surface area contributed by atoms with E-state index in [4.69, 9.17) is 23.7 Å². The quantitative estimate of drug-likeness (QED) is 0.0891. The minimum absolute atomic E-state index is 0.0102. The lowest BCUT2D eigenvalue weighted by molar-refractivity contribution is -0.142. The molecule has 0 fully saturated rings. The SMILES string of the molecule is COc1cc(C(O)C(COC(=O)/C=C/c2ccc(O)cc2)Oc2ccc(/C=C/COC(=O)/C=C/c3ccc(O)cc3)cc2OC)ccc1O. The molecular formula is C38H36O11. The Kier molecular flexibility index (Phi) is 12.8. The van der Waals surface area contributed by atoms with Crippen LogP contribution in [-0.4, -0.2) is 65.9 Å². The fraction of sp³-hybridized carbons (Fsp3) is 0.158. The highest BCUT2D eigenvalue weighted by molar-refractivity contribution is 5.87. The van der Waals surface area contributed by atoms with Crippen molar-refractivity contribution in [2.24, 2.45) is 0 Å². The number of ether oxygens (including phenoxy) is 5. The van der Waals surface area contributed by atoms with E-state index in [-0.39, 0.29) is 42.0 Å². The molecule has 0 aliphatic carbocycles. The Hall–Kier alpha value is -6.20. The molecule has 4 rings (SSSR count). The zero-order valence-corrected chi connectivity index (χ0v) is 26.8. The van der Waals surface area contributed by atoms with Crippen LogP contribution in [0.25, 0.3) is 18.2 Å². The summed E-state index contributed by atoms with van der Waals surface area (Å²) in [6, 6.07) is 21.9. The highest BCUT2D eigenvalue weighted by Crippen LogP contribution is 2.34. The largest absolute Gasteiger partial charge is 0.508 e. The summed E-state index contributed by atoms with van der Waals surface area (Å²) in [5.74, 6) is -0.426. The molecular weight excluding hydrogens is 632 g/mol. The van der Waals surface area contributed by atoms with Crippen LogP contribution in [-0.2, 0) is 19.1 Å². The van der Waals surface area contributed by atoms with Crippen molar-refractivity contribution in [3.05, 3.63) is 125 Å². The van der Waals surface area contributed by atoms with E-state index in [0.29, 0.717) is 22.4 Å². The summed E-state index contributed by atoms with van der Waals surface area (Å²) < 4.78 is 27.5. The summed E-state index contributed by atoms with van der Waals surface area (Å²) in [6.07, 6.45) is 6.52. The molecule has 0 saturated carbocycles. The maximum Gasteiger partial charge on any atom is 0.331 e. The number of phenolic OH excluding ortho intramolecular Hbond substituents is 3. The predicted octanol–water partition coefficient (Wildman–Crippen LogP) is 5.83. The minimum Gasteiger partial charge on any atom is -0.508 e. The summed E-state index contributed by atoms with van der Waals surface area (Å²) in [6.45, 7) is -0.350. The van der Waals surface area contributed by atoms with E-state index in [0.717, 1.165) is 5.56 Å². The van der Waals surface area contributed by atoms with Crippen LogP contribution >= 0.6 is 0 Å². The Morgan fingerprint density at radius 1 is 0.653 bits per heavy atom. The molecule has 4 aromatic rings. The van der Waals surface area contributed by atoms with Gasteiger partial charge in [0.15, 0.2) is 29.1 Å². The van der Waals surface area contributed by atoms with Gasteiger partial charge in [-0.2, -0.15) is 0 Å². The minimum atomic E-state index is -1.33. The lowest BCUT2D eigenvalue weighted by Crippen LogP contribution is -2.31. The lowest BCUT2D eigenvalue weighted by Gasteiger charge is -2.25. The fourth-order valence-corrected chi connectivity index (χ4v) is 4.41. The van der Waals surface area contributed by atoms with Gasteiger partial charge >= 0.3 is 11.9 Å². The Morgan fingerprint density at radius 2 is 1.22 bits per heavy atom. The van der Waals surface area contributed by atoms with Gasteiger partial charge in [0.1, 0.15) is 30.8 Å². The first-order valence-electron chi connectivity index (χ1n) is 15.0. The number of hydrogen-bond donors (Lipinski definition) is 4. The average Bonchev–Trinajstić information content (AvgIpc) is 3.11. The van der Waals surface area contributed by atoms with E-state index in [2.05, 4.69) is 0 Å². The molecule has 0 amide bonds. The number of methoxy groups -OCH3 is 2. The number of phenols is 3. The van der Waals surface area contributed by atoms with Gasteiger partial charge < -0.3 is 44.1 Å². The maximum atomic E-state index is 12.6. The van der Waals surface area contributed by atoms with E-state index in [9.17, 15) is 30.0 Å². The maximum absolute atomic E-state index is 12.6. The third-order valence-corrected chi connectivity index (χ3v) is 7.00. The van der Waals surface area contributed by atoms with Gasteiger partial charge in [-0.3, -0.25) is 0 Å².